The van der Waals surface area contributed by atoms with Gasteiger partial charge in [-0.15, -0.1) is 0 Å². The number of fused-ring (bicyclic) bond motifs is 1. The summed E-state index contributed by atoms with van der Waals surface area (Å²) < 4.78 is 59.8. The highest BCUT2D eigenvalue weighted by Crippen LogP contribution is 2.38. The molecular formula is C29H21ClF4N2O4. The molecule has 1 aliphatic rings. The largest absolute Gasteiger partial charge is 0.459 e. The third-order valence-corrected chi connectivity index (χ3v) is 7.04. The molecule has 4 aromatic rings. The van der Waals surface area contributed by atoms with E-state index < -0.39 is 42.1 Å². The Morgan fingerprint density at radius 3 is 2.52 bits per heavy atom. The quantitative estimate of drug-likeness (QED) is 0.268. The number of β-amino-alcohol motifs (C(OH)–C–C–N with tert-alkyl or cyclic N) is 1. The van der Waals surface area contributed by atoms with Crippen LogP contribution < -0.4 is 5.43 Å². The van der Waals surface area contributed by atoms with Crippen molar-refractivity contribution in [2.24, 2.45) is 0 Å². The molecule has 0 aliphatic carbocycles. The summed E-state index contributed by atoms with van der Waals surface area (Å²) in [5.41, 5.74) is -1.69. The Morgan fingerprint density at radius 2 is 1.85 bits per heavy atom. The van der Waals surface area contributed by atoms with Crippen molar-refractivity contribution >= 4 is 22.6 Å². The summed E-state index contributed by atoms with van der Waals surface area (Å²) in [6.45, 7) is -0.638. The zero-order chi connectivity index (χ0) is 28.7. The fraction of sp³-hybridized carbons (Fsp3) is 0.241. The molecule has 2 aromatic carbocycles. The Labute approximate surface area is 230 Å². The number of pyridine rings is 1. The number of aliphatic hydroxyl groups is 2. The summed E-state index contributed by atoms with van der Waals surface area (Å²) in [7, 11) is 0. The summed E-state index contributed by atoms with van der Waals surface area (Å²) in [6, 6.07) is 14.0. The molecule has 0 unspecified atom stereocenters. The zero-order valence-electron chi connectivity index (χ0n) is 20.7. The minimum absolute atomic E-state index is 0.0330. The Bertz CT molecular complexity index is 1700. The number of benzene rings is 2. The second-order valence-electron chi connectivity index (χ2n) is 9.52. The van der Waals surface area contributed by atoms with Gasteiger partial charge in [-0.05, 0) is 47.9 Å². The van der Waals surface area contributed by atoms with Crippen molar-refractivity contribution in [3.8, 4) is 23.0 Å². The van der Waals surface area contributed by atoms with Gasteiger partial charge in [-0.3, -0.25) is 9.69 Å². The Morgan fingerprint density at radius 1 is 1.10 bits per heavy atom. The van der Waals surface area contributed by atoms with E-state index in [-0.39, 0.29) is 35.5 Å². The molecule has 5 rings (SSSR count). The van der Waals surface area contributed by atoms with Crippen LogP contribution in [-0.4, -0.2) is 51.1 Å². The predicted octanol–water partition coefficient (Wildman–Crippen LogP) is 4.91. The van der Waals surface area contributed by atoms with Gasteiger partial charge in [0.25, 0.3) is 0 Å². The molecule has 40 heavy (non-hydrogen) atoms. The fourth-order valence-corrected chi connectivity index (χ4v) is 4.63. The van der Waals surface area contributed by atoms with Crippen molar-refractivity contribution in [1.82, 2.24) is 9.88 Å². The van der Waals surface area contributed by atoms with Crippen LogP contribution in [0.5, 0.6) is 0 Å². The molecule has 1 saturated heterocycles. The number of hydrogen-bond donors (Lipinski definition) is 2. The second-order valence-corrected chi connectivity index (χ2v) is 9.96. The van der Waals surface area contributed by atoms with Gasteiger partial charge < -0.3 is 14.6 Å². The lowest BCUT2D eigenvalue weighted by Crippen LogP contribution is -2.62. The van der Waals surface area contributed by atoms with E-state index in [1.807, 2.05) is 0 Å². The van der Waals surface area contributed by atoms with Crippen molar-refractivity contribution in [2.75, 3.05) is 13.1 Å². The highest BCUT2D eigenvalue weighted by atomic mass is 35.5. The molecule has 1 fully saturated rings. The molecule has 1 aliphatic heterocycles. The van der Waals surface area contributed by atoms with Gasteiger partial charge >= 0.3 is 6.18 Å². The van der Waals surface area contributed by atoms with Gasteiger partial charge in [0.2, 0.25) is 0 Å². The van der Waals surface area contributed by atoms with Crippen LogP contribution in [0.25, 0.3) is 22.1 Å². The lowest BCUT2D eigenvalue weighted by atomic mass is 9.88. The normalized spacial score (nSPS) is 19.8. The highest BCUT2D eigenvalue weighted by Gasteiger charge is 2.59. The number of hydrogen-bond acceptors (Lipinski definition) is 6. The number of nitrogens with zero attached hydrogens (tertiary/aromatic N) is 2. The van der Waals surface area contributed by atoms with E-state index in [4.69, 9.17) is 16.0 Å². The summed E-state index contributed by atoms with van der Waals surface area (Å²) >= 11 is 5.89. The molecule has 206 valence electrons. The first-order valence-electron chi connectivity index (χ1n) is 12.1. The van der Waals surface area contributed by atoms with Gasteiger partial charge in [0, 0.05) is 47.9 Å². The first-order chi connectivity index (χ1) is 18.9. The minimum atomic E-state index is -4.96. The lowest BCUT2D eigenvalue weighted by Gasteiger charge is -2.42. The molecule has 3 heterocycles. The number of likely N-dealkylation sites (tertiary alicyclic amines) is 1. The maximum atomic E-state index is 14.7. The number of piperidine rings is 1. The number of aliphatic hydroxyl groups excluding tert-OH is 1. The average Bonchev–Trinajstić information content (AvgIpc) is 2.90. The van der Waals surface area contributed by atoms with Crippen LogP contribution in [0.4, 0.5) is 17.6 Å². The van der Waals surface area contributed by atoms with Gasteiger partial charge in [-0.25, -0.2) is 9.37 Å². The SMILES string of the molecule is O=c1cc(CN2CC[C@](O)(C(F)(F)F)[C@@H](O)C2)oc2ccc(C#Cc3ncc(-c4ccc(Cl)cc4)cc3F)cc12. The third-order valence-electron chi connectivity index (χ3n) is 6.78. The minimum Gasteiger partial charge on any atom is -0.459 e. The maximum absolute atomic E-state index is 14.7. The molecule has 0 saturated carbocycles. The van der Waals surface area contributed by atoms with Gasteiger partial charge in [0.15, 0.2) is 16.8 Å². The predicted molar refractivity (Wildman–Crippen MR) is 140 cm³/mol. The standard InChI is InChI=1S/C29H21ClF4N2O4/c30-20-5-3-18(4-6-20)19-12-23(31)24(35-14-19)7-1-17-2-8-26-22(11-17)25(37)13-21(40-26)15-36-10-9-28(39,27(38)16-36)29(32,33)34/h2-6,8,11-14,27,38-39H,9-10,15-16H2/t27-,28+/m0/s1. The molecule has 0 bridgehead atoms. The number of aromatic nitrogens is 1. The number of rotatable bonds is 3. The average molecular weight is 573 g/mol. The van der Waals surface area contributed by atoms with Crippen LogP contribution in [0, 0.1) is 17.7 Å². The van der Waals surface area contributed by atoms with Crippen LogP contribution in [0.2, 0.25) is 5.02 Å². The summed E-state index contributed by atoms with van der Waals surface area (Å²) in [6.07, 6.45) is -6.21. The number of alkyl halides is 3. The molecule has 0 radical (unpaired) electrons. The molecule has 2 aromatic heterocycles. The van der Waals surface area contributed by atoms with Crippen LogP contribution in [-0.2, 0) is 6.54 Å². The second kappa shape index (κ2) is 10.7. The van der Waals surface area contributed by atoms with E-state index in [9.17, 15) is 32.6 Å². The molecule has 6 nitrogen and oxygen atoms in total. The first-order valence-corrected chi connectivity index (χ1v) is 12.5. The van der Waals surface area contributed by atoms with Crippen LogP contribution in [0.15, 0.2) is 70.0 Å². The summed E-state index contributed by atoms with van der Waals surface area (Å²) in [5.74, 6) is 5.04. The fourth-order valence-electron chi connectivity index (χ4n) is 4.50. The summed E-state index contributed by atoms with van der Waals surface area (Å²) in [4.78, 5) is 18.3. The lowest BCUT2D eigenvalue weighted by molar-refractivity contribution is -0.303. The van der Waals surface area contributed by atoms with Crippen molar-refractivity contribution in [3.05, 3.63) is 98.9 Å². The molecule has 0 amide bonds. The van der Waals surface area contributed by atoms with E-state index >= 15 is 0 Å². The van der Waals surface area contributed by atoms with Crippen LogP contribution >= 0.6 is 11.6 Å². The highest BCUT2D eigenvalue weighted by molar-refractivity contribution is 6.30. The van der Waals surface area contributed by atoms with E-state index in [1.165, 1.54) is 35.4 Å². The van der Waals surface area contributed by atoms with Crippen molar-refractivity contribution in [2.45, 2.75) is 30.8 Å². The zero-order valence-corrected chi connectivity index (χ0v) is 21.4. The van der Waals surface area contributed by atoms with E-state index in [0.29, 0.717) is 16.1 Å². The van der Waals surface area contributed by atoms with E-state index in [1.54, 1.807) is 30.3 Å². The third kappa shape index (κ3) is 5.60. The molecular weight excluding hydrogens is 552 g/mol. The van der Waals surface area contributed by atoms with Gasteiger partial charge in [-0.1, -0.05) is 29.7 Å². The Balaban J connectivity index is 1.32. The van der Waals surface area contributed by atoms with Crippen LogP contribution in [0.1, 0.15) is 23.4 Å². The topological polar surface area (TPSA) is 86.8 Å². The Hall–Kier alpha value is -3.75. The van der Waals surface area contributed by atoms with E-state index in [0.717, 1.165) is 5.56 Å². The maximum Gasteiger partial charge on any atom is 0.419 e. The van der Waals surface area contributed by atoms with Crippen molar-refractivity contribution in [1.29, 1.82) is 0 Å². The number of halogens is 5. The van der Waals surface area contributed by atoms with E-state index in [2.05, 4.69) is 16.8 Å². The smallest absolute Gasteiger partial charge is 0.419 e. The molecule has 11 heteroatoms. The summed E-state index contributed by atoms with van der Waals surface area (Å²) in [5, 5.41) is 20.6. The van der Waals surface area contributed by atoms with Gasteiger partial charge in [0.1, 0.15) is 23.1 Å². The van der Waals surface area contributed by atoms with Crippen molar-refractivity contribution in [3.63, 3.8) is 0 Å². The molecule has 2 atom stereocenters. The Kier molecular flexibility index (Phi) is 7.42. The monoisotopic (exact) mass is 572 g/mol. The molecule has 2 N–H and O–H groups in total. The first kappa shape index (κ1) is 27.8. The van der Waals surface area contributed by atoms with Crippen molar-refractivity contribution < 1.29 is 32.2 Å². The van der Waals surface area contributed by atoms with Gasteiger partial charge in [0.05, 0.1) is 11.9 Å². The molecule has 0 spiro atoms. The van der Waals surface area contributed by atoms with Crippen LogP contribution in [0.3, 0.4) is 0 Å². The van der Waals surface area contributed by atoms with Gasteiger partial charge in [-0.2, -0.15) is 13.2 Å².